The molecule has 1 saturated heterocycles. The van der Waals surface area contributed by atoms with Crippen molar-refractivity contribution in [3.05, 3.63) is 29.3 Å². The summed E-state index contributed by atoms with van der Waals surface area (Å²) < 4.78 is 5.52. The maximum Gasteiger partial charge on any atom is 0.321 e. The highest BCUT2D eigenvalue weighted by atomic mass is 35.5. The van der Waals surface area contributed by atoms with Crippen molar-refractivity contribution in [3.8, 4) is 0 Å². The molecule has 0 bridgehead atoms. The fourth-order valence-electron chi connectivity index (χ4n) is 2.06. The van der Waals surface area contributed by atoms with E-state index >= 15 is 0 Å². The predicted octanol–water partition coefficient (Wildman–Crippen LogP) is 1.54. The van der Waals surface area contributed by atoms with Gasteiger partial charge in [0.15, 0.2) is 0 Å². The van der Waals surface area contributed by atoms with Gasteiger partial charge in [0.2, 0.25) is 0 Å². The number of aliphatic carboxylic acids is 1. The smallest absolute Gasteiger partial charge is 0.321 e. The summed E-state index contributed by atoms with van der Waals surface area (Å²) in [5, 5.41) is 18.3. The second kappa shape index (κ2) is 7.28. The lowest BCUT2D eigenvalue weighted by molar-refractivity contribution is -0.140. The van der Waals surface area contributed by atoms with Gasteiger partial charge in [-0.25, -0.2) is 0 Å². The van der Waals surface area contributed by atoms with Gasteiger partial charge in [-0.1, -0.05) is 11.6 Å². The first-order chi connectivity index (χ1) is 9.61. The van der Waals surface area contributed by atoms with Crippen LogP contribution in [0.25, 0.3) is 0 Å². The molecule has 1 heterocycles. The standard InChI is InChI=1S/C13H16ClNO4S/c14-9-1-3-10(4-2-9)20-11(13(17)18)12-15(5-7-16)6-8-19-12/h1-4,11-12,16H,5-8H2,(H,17,18). The number of carboxylic acids is 1. The Morgan fingerprint density at radius 3 is 2.80 bits per heavy atom. The van der Waals surface area contributed by atoms with Gasteiger partial charge in [-0.05, 0) is 24.3 Å². The van der Waals surface area contributed by atoms with Gasteiger partial charge in [-0.15, -0.1) is 11.8 Å². The lowest BCUT2D eigenvalue weighted by atomic mass is 10.3. The molecule has 1 fully saturated rings. The predicted molar refractivity (Wildman–Crippen MR) is 77.1 cm³/mol. The van der Waals surface area contributed by atoms with Crippen molar-refractivity contribution in [2.75, 3.05) is 26.3 Å². The minimum absolute atomic E-state index is 0.0161. The number of aliphatic hydroxyl groups excluding tert-OH is 1. The number of benzene rings is 1. The number of hydrogen-bond acceptors (Lipinski definition) is 5. The van der Waals surface area contributed by atoms with Crippen LogP contribution in [0, 0.1) is 0 Å². The minimum atomic E-state index is -0.931. The van der Waals surface area contributed by atoms with E-state index in [1.165, 1.54) is 11.8 Å². The zero-order valence-electron chi connectivity index (χ0n) is 10.7. The van der Waals surface area contributed by atoms with Gasteiger partial charge in [0, 0.05) is 23.0 Å². The van der Waals surface area contributed by atoms with Crippen LogP contribution in [0.4, 0.5) is 0 Å². The van der Waals surface area contributed by atoms with Crippen LogP contribution < -0.4 is 0 Å². The maximum absolute atomic E-state index is 11.5. The fourth-order valence-corrected chi connectivity index (χ4v) is 3.24. The Labute approximate surface area is 126 Å². The molecule has 1 aliphatic rings. The molecule has 0 aromatic heterocycles. The number of aliphatic hydroxyl groups is 1. The molecule has 2 atom stereocenters. The molecular formula is C13H16ClNO4S. The van der Waals surface area contributed by atoms with Gasteiger partial charge in [-0.3, -0.25) is 9.69 Å². The average Bonchev–Trinajstić information content (AvgIpc) is 2.86. The zero-order chi connectivity index (χ0) is 14.5. The summed E-state index contributed by atoms with van der Waals surface area (Å²) in [6.45, 7) is 1.51. The highest BCUT2D eigenvalue weighted by Gasteiger charge is 2.37. The van der Waals surface area contributed by atoms with Crippen molar-refractivity contribution >= 4 is 29.3 Å². The highest BCUT2D eigenvalue weighted by Crippen LogP contribution is 2.30. The molecule has 110 valence electrons. The van der Waals surface area contributed by atoms with E-state index in [0.29, 0.717) is 24.7 Å². The average molecular weight is 318 g/mol. The Balaban J connectivity index is 2.10. The topological polar surface area (TPSA) is 70.0 Å². The Morgan fingerprint density at radius 1 is 1.50 bits per heavy atom. The third-order valence-corrected chi connectivity index (χ3v) is 4.48. The summed E-state index contributed by atoms with van der Waals surface area (Å²) in [6.07, 6.45) is -0.527. The number of thioether (sulfide) groups is 1. The quantitative estimate of drug-likeness (QED) is 0.776. The molecule has 0 aliphatic carbocycles. The van der Waals surface area contributed by atoms with Gasteiger partial charge < -0.3 is 14.9 Å². The van der Waals surface area contributed by atoms with Gasteiger partial charge in [-0.2, -0.15) is 0 Å². The summed E-state index contributed by atoms with van der Waals surface area (Å²) >= 11 is 7.04. The normalized spacial score (nSPS) is 21.0. The summed E-state index contributed by atoms with van der Waals surface area (Å²) in [4.78, 5) is 14.2. The van der Waals surface area contributed by atoms with Crippen LogP contribution in [-0.4, -0.2) is 58.9 Å². The van der Waals surface area contributed by atoms with Crippen molar-refractivity contribution in [1.29, 1.82) is 0 Å². The second-order valence-electron chi connectivity index (χ2n) is 4.35. The molecule has 1 aliphatic heterocycles. The van der Waals surface area contributed by atoms with E-state index in [4.69, 9.17) is 21.4 Å². The molecule has 2 N–H and O–H groups in total. The van der Waals surface area contributed by atoms with Crippen molar-refractivity contribution in [2.24, 2.45) is 0 Å². The molecule has 0 radical (unpaired) electrons. The van der Waals surface area contributed by atoms with Gasteiger partial charge in [0.05, 0.1) is 13.2 Å². The molecule has 20 heavy (non-hydrogen) atoms. The van der Waals surface area contributed by atoms with E-state index < -0.39 is 17.4 Å². The molecule has 5 nitrogen and oxygen atoms in total. The van der Waals surface area contributed by atoms with E-state index in [2.05, 4.69) is 0 Å². The Bertz CT molecular complexity index is 456. The number of nitrogens with zero attached hydrogens (tertiary/aromatic N) is 1. The zero-order valence-corrected chi connectivity index (χ0v) is 12.3. The lowest BCUT2D eigenvalue weighted by Gasteiger charge is -2.26. The van der Waals surface area contributed by atoms with Crippen molar-refractivity contribution in [3.63, 3.8) is 0 Å². The van der Waals surface area contributed by atoms with Crippen LogP contribution in [0.3, 0.4) is 0 Å². The van der Waals surface area contributed by atoms with E-state index in [1.54, 1.807) is 24.3 Å². The minimum Gasteiger partial charge on any atom is -0.480 e. The molecule has 0 amide bonds. The SMILES string of the molecule is O=C(O)C(Sc1ccc(Cl)cc1)C1OCCN1CCO. The van der Waals surface area contributed by atoms with Crippen molar-refractivity contribution in [1.82, 2.24) is 4.90 Å². The first kappa shape index (κ1) is 15.6. The van der Waals surface area contributed by atoms with Crippen molar-refractivity contribution in [2.45, 2.75) is 16.4 Å². The molecule has 2 unspecified atom stereocenters. The number of halogens is 1. The largest absolute Gasteiger partial charge is 0.480 e. The first-order valence-electron chi connectivity index (χ1n) is 6.23. The van der Waals surface area contributed by atoms with Crippen LogP contribution in [0.1, 0.15) is 0 Å². The summed E-state index contributed by atoms with van der Waals surface area (Å²) in [5.41, 5.74) is 0. The van der Waals surface area contributed by atoms with Crippen LogP contribution in [0.5, 0.6) is 0 Å². The molecule has 0 spiro atoms. The Kier molecular flexibility index (Phi) is 5.68. The van der Waals surface area contributed by atoms with Gasteiger partial charge in [0.1, 0.15) is 11.5 Å². The Hall–Kier alpha value is -0.790. The molecule has 7 heteroatoms. The molecule has 2 rings (SSSR count). The molecule has 1 aromatic rings. The van der Waals surface area contributed by atoms with Crippen LogP contribution in [0.15, 0.2) is 29.2 Å². The maximum atomic E-state index is 11.5. The van der Waals surface area contributed by atoms with Gasteiger partial charge >= 0.3 is 5.97 Å². The monoisotopic (exact) mass is 317 g/mol. The fraction of sp³-hybridized carbons (Fsp3) is 0.462. The van der Waals surface area contributed by atoms with Crippen LogP contribution in [0.2, 0.25) is 5.02 Å². The van der Waals surface area contributed by atoms with E-state index in [-0.39, 0.29) is 6.61 Å². The number of hydrogen-bond donors (Lipinski definition) is 2. The second-order valence-corrected chi connectivity index (χ2v) is 6.00. The van der Waals surface area contributed by atoms with Crippen LogP contribution in [-0.2, 0) is 9.53 Å². The number of ether oxygens (including phenoxy) is 1. The molecular weight excluding hydrogens is 302 g/mol. The van der Waals surface area contributed by atoms with Crippen molar-refractivity contribution < 1.29 is 19.7 Å². The van der Waals surface area contributed by atoms with Crippen LogP contribution >= 0.6 is 23.4 Å². The number of carboxylic acid groups (broad SMARTS) is 1. The van der Waals surface area contributed by atoms with E-state index in [0.717, 1.165) is 4.90 Å². The summed E-state index contributed by atoms with van der Waals surface area (Å²) in [7, 11) is 0. The molecule has 1 aromatic carbocycles. The third kappa shape index (κ3) is 3.86. The lowest BCUT2D eigenvalue weighted by Crippen LogP contribution is -2.43. The first-order valence-corrected chi connectivity index (χ1v) is 7.49. The number of rotatable bonds is 6. The number of β-amino-alcohol motifs (C(OH)–C–C–N with tert-alkyl or cyclic N) is 1. The summed E-state index contributed by atoms with van der Waals surface area (Å²) in [5.74, 6) is -0.931. The van der Waals surface area contributed by atoms with E-state index in [1.807, 2.05) is 4.90 Å². The van der Waals surface area contributed by atoms with E-state index in [9.17, 15) is 9.90 Å². The highest BCUT2D eigenvalue weighted by molar-refractivity contribution is 8.00. The third-order valence-electron chi connectivity index (χ3n) is 2.99. The molecule has 0 saturated carbocycles. The Morgan fingerprint density at radius 2 is 2.20 bits per heavy atom. The summed E-state index contributed by atoms with van der Waals surface area (Å²) in [6, 6.07) is 7.02. The number of carbonyl (C=O) groups is 1. The van der Waals surface area contributed by atoms with Gasteiger partial charge in [0.25, 0.3) is 0 Å².